The zero-order valence-electron chi connectivity index (χ0n) is 11.3. The van der Waals surface area contributed by atoms with Gasteiger partial charge in [-0.15, -0.1) is 0 Å². The number of para-hydroxylation sites is 1. The first-order chi connectivity index (χ1) is 8.70. The SMILES string of the molecule is CCOc1cccc(OC2CCC(C)CC2)c1N. The van der Waals surface area contributed by atoms with Gasteiger partial charge in [-0.05, 0) is 50.7 Å². The predicted octanol–water partition coefficient (Wildman–Crippen LogP) is 3.63. The van der Waals surface area contributed by atoms with Crippen LogP contribution >= 0.6 is 0 Å². The van der Waals surface area contributed by atoms with Gasteiger partial charge in [-0.2, -0.15) is 0 Å². The molecule has 2 N–H and O–H groups in total. The third-order valence-corrected chi connectivity index (χ3v) is 3.58. The van der Waals surface area contributed by atoms with Crippen molar-refractivity contribution in [1.29, 1.82) is 0 Å². The number of hydrogen-bond donors (Lipinski definition) is 1. The first kappa shape index (κ1) is 13.1. The Morgan fingerprint density at radius 3 is 2.50 bits per heavy atom. The van der Waals surface area contributed by atoms with Crippen molar-refractivity contribution in [2.45, 2.75) is 45.6 Å². The molecule has 0 heterocycles. The van der Waals surface area contributed by atoms with Gasteiger partial charge in [0.15, 0.2) is 0 Å². The number of hydrogen-bond acceptors (Lipinski definition) is 3. The van der Waals surface area contributed by atoms with E-state index in [9.17, 15) is 0 Å². The standard InChI is InChI=1S/C15H23NO2/c1-3-17-13-5-4-6-14(15(13)16)18-12-9-7-11(2)8-10-12/h4-6,11-12H,3,7-10,16H2,1-2H3. The van der Waals surface area contributed by atoms with Crippen LogP contribution in [0.15, 0.2) is 18.2 Å². The van der Waals surface area contributed by atoms with Crippen molar-refractivity contribution in [3.63, 3.8) is 0 Å². The molecule has 1 aliphatic carbocycles. The van der Waals surface area contributed by atoms with Gasteiger partial charge in [0.1, 0.15) is 17.2 Å². The van der Waals surface area contributed by atoms with Crippen LogP contribution in [0.5, 0.6) is 11.5 Å². The van der Waals surface area contributed by atoms with Crippen molar-refractivity contribution < 1.29 is 9.47 Å². The van der Waals surface area contributed by atoms with Gasteiger partial charge >= 0.3 is 0 Å². The number of ether oxygens (including phenoxy) is 2. The molecule has 0 atom stereocenters. The molecule has 18 heavy (non-hydrogen) atoms. The van der Waals surface area contributed by atoms with E-state index in [4.69, 9.17) is 15.2 Å². The molecular weight excluding hydrogens is 226 g/mol. The van der Waals surface area contributed by atoms with Crippen LogP contribution in [0.25, 0.3) is 0 Å². The van der Waals surface area contributed by atoms with Crippen LogP contribution in [-0.2, 0) is 0 Å². The van der Waals surface area contributed by atoms with Crippen LogP contribution in [0, 0.1) is 5.92 Å². The van der Waals surface area contributed by atoms with Crippen LogP contribution < -0.4 is 15.2 Å². The number of nitrogens with two attached hydrogens (primary N) is 1. The minimum Gasteiger partial charge on any atom is -0.492 e. The molecule has 0 aliphatic heterocycles. The average molecular weight is 249 g/mol. The van der Waals surface area contributed by atoms with Gasteiger partial charge in [0.25, 0.3) is 0 Å². The highest BCUT2D eigenvalue weighted by molar-refractivity contribution is 5.62. The van der Waals surface area contributed by atoms with Gasteiger partial charge < -0.3 is 15.2 Å². The minimum atomic E-state index is 0.306. The fourth-order valence-corrected chi connectivity index (χ4v) is 2.43. The summed E-state index contributed by atoms with van der Waals surface area (Å²) in [4.78, 5) is 0. The molecule has 0 bridgehead atoms. The van der Waals surface area contributed by atoms with Gasteiger partial charge in [0.2, 0.25) is 0 Å². The van der Waals surface area contributed by atoms with Crippen LogP contribution in [0.2, 0.25) is 0 Å². The van der Waals surface area contributed by atoms with Crippen molar-refractivity contribution in [1.82, 2.24) is 0 Å². The summed E-state index contributed by atoms with van der Waals surface area (Å²) in [5, 5.41) is 0. The molecule has 1 aliphatic rings. The summed E-state index contributed by atoms with van der Waals surface area (Å²) in [5.41, 5.74) is 6.69. The molecule has 1 aromatic rings. The quantitative estimate of drug-likeness (QED) is 0.829. The second kappa shape index (κ2) is 5.98. The van der Waals surface area contributed by atoms with E-state index in [0.29, 0.717) is 18.4 Å². The average Bonchev–Trinajstić information content (AvgIpc) is 2.37. The molecule has 1 aromatic carbocycles. The molecule has 1 saturated carbocycles. The number of anilines is 1. The monoisotopic (exact) mass is 249 g/mol. The molecule has 3 heteroatoms. The van der Waals surface area contributed by atoms with Crippen LogP contribution in [0.3, 0.4) is 0 Å². The van der Waals surface area contributed by atoms with Crippen molar-refractivity contribution in [2.24, 2.45) is 5.92 Å². The highest BCUT2D eigenvalue weighted by Crippen LogP contribution is 2.34. The van der Waals surface area contributed by atoms with E-state index in [1.165, 1.54) is 12.8 Å². The van der Waals surface area contributed by atoms with E-state index in [0.717, 1.165) is 30.3 Å². The van der Waals surface area contributed by atoms with E-state index in [1.54, 1.807) is 0 Å². The van der Waals surface area contributed by atoms with Gasteiger partial charge in [0, 0.05) is 0 Å². The Morgan fingerprint density at radius 1 is 1.17 bits per heavy atom. The molecule has 0 unspecified atom stereocenters. The Kier molecular flexibility index (Phi) is 4.34. The Bertz CT molecular complexity index is 384. The number of benzene rings is 1. The topological polar surface area (TPSA) is 44.5 Å². The summed E-state index contributed by atoms with van der Waals surface area (Å²) >= 11 is 0. The highest BCUT2D eigenvalue weighted by atomic mass is 16.5. The fraction of sp³-hybridized carbons (Fsp3) is 0.600. The van der Waals surface area contributed by atoms with E-state index >= 15 is 0 Å². The minimum absolute atomic E-state index is 0.306. The van der Waals surface area contributed by atoms with Crippen LogP contribution in [0.1, 0.15) is 39.5 Å². The number of nitrogen functional groups attached to an aromatic ring is 1. The molecule has 0 radical (unpaired) electrons. The highest BCUT2D eigenvalue weighted by Gasteiger charge is 2.20. The zero-order valence-corrected chi connectivity index (χ0v) is 11.3. The van der Waals surface area contributed by atoms with Crippen LogP contribution in [0.4, 0.5) is 5.69 Å². The van der Waals surface area contributed by atoms with Gasteiger partial charge in [-0.25, -0.2) is 0 Å². The molecule has 0 amide bonds. The Hall–Kier alpha value is -1.38. The van der Waals surface area contributed by atoms with Gasteiger partial charge in [-0.3, -0.25) is 0 Å². The lowest BCUT2D eigenvalue weighted by atomic mass is 9.89. The lowest BCUT2D eigenvalue weighted by Crippen LogP contribution is -2.23. The summed E-state index contributed by atoms with van der Waals surface area (Å²) in [6.45, 7) is 4.88. The second-order valence-corrected chi connectivity index (χ2v) is 5.10. The lowest BCUT2D eigenvalue weighted by Gasteiger charge is -2.27. The Balaban J connectivity index is 2.02. The molecule has 100 valence electrons. The molecule has 0 saturated heterocycles. The largest absolute Gasteiger partial charge is 0.492 e. The van der Waals surface area contributed by atoms with Crippen LogP contribution in [-0.4, -0.2) is 12.7 Å². The third kappa shape index (κ3) is 3.09. The normalized spacial score (nSPS) is 23.7. The zero-order chi connectivity index (χ0) is 13.0. The summed E-state index contributed by atoms with van der Waals surface area (Å²) in [6, 6.07) is 5.74. The maximum atomic E-state index is 6.06. The fourth-order valence-electron chi connectivity index (χ4n) is 2.43. The molecule has 2 rings (SSSR count). The molecule has 3 nitrogen and oxygen atoms in total. The van der Waals surface area contributed by atoms with Gasteiger partial charge in [-0.1, -0.05) is 13.0 Å². The van der Waals surface area contributed by atoms with Crippen molar-refractivity contribution in [3.8, 4) is 11.5 Å². The molecular formula is C15H23NO2. The molecule has 0 aromatic heterocycles. The third-order valence-electron chi connectivity index (χ3n) is 3.58. The molecule has 1 fully saturated rings. The van der Waals surface area contributed by atoms with E-state index in [-0.39, 0.29) is 0 Å². The van der Waals surface area contributed by atoms with Crippen molar-refractivity contribution in [2.75, 3.05) is 12.3 Å². The van der Waals surface area contributed by atoms with Crippen molar-refractivity contribution >= 4 is 5.69 Å². The summed E-state index contributed by atoms with van der Waals surface area (Å²) < 4.78 is 11.5. The van der Waals surface area contributed by atoms with Gasteiger partial charge in [0.05, 0.1) is 12.7 Å². The second-order valence-electron chi connectivity index (χ2n) is 5.10. The summed E-state index contributed by atoms with van der Waals surface area (Å²) in [6.07, 6.45) is 5.05. The smallest absolute Gasteiger partial charge is 0.146 e. The first-order valence-corrected chi connectivity index (χ1v) is 6.88. The van der Waals surface area contributed by atoms with E-state index < -0.39 is 0 Å². The Morgan fingerprint density at radius 2 is 1.83 bits per heavy atom. The van der Waals surface area contributed by atoms with E-state index in [1.807, 2.05) is 25.1 Å². The Labute approximate surface area is 109 Å². The summed E-state index contributed by atoms with van der Waals surface area (Å²) in [7, 11) is 0. The molecule has 0 spiro atoms. The lowest BCUT2D eigenvalue weighted by molar-refractivity contribution is 0.136. The van der Waals surface area contributed by atoms with Crippen molar-refractivity contribution in [3.05, 3.63) is 18.2 Å². The summed E-state index contributed by atoms with van der Waals surface area (Å²) in [5.74, 6) is 2.32. The maximum absolute atomic E-state index is 6.06. The first-order valence-electron chi connectivity index (χ1n) is 6.88. The number of rotatable bonds is 4. The van der Waals surface area contributed by atoms with E-state index in [2.05, 4.69) is 6.92 Å². The maximum Gasteiger partial charge on any atom is 0.146 e. The predicted molar refractivity (Wildman–Crippen MR) is 74.1 cm³/mol.